The lowest BCUT2D eigenvalue weighted by Gasteiger charge is -2.07. The Morgan fingerprint density at radius 1 is 1.26 bits per heavy atom. The summed E-state index contributed by atoms with van der Waals surface area (Å²) in [5, 5.41) is 8.76. The lowest BCUT2D eigenvalue weighted by Crippen LogP contribution is -2.13. The van der Waals surface area contributed by atoms with E-state index in [1.54, 1.807) is 0 Å². The second-order valence-corrected chi connectivity index (χ2v) is 5.40. The van der Waals surface area contributed by atoms with E-state index in [0.717, 1.165) is 0 Å². The topological polar surface area (TPSA) is 109 Å². The molecule has 0 aliphatic rings. The van der Waals surface area contributed by atoms with Crippen molar-refractivity contribution < 1.29 is 8.42 Å². The molecule has 1 aromatic carbocycles. The van der Waals surface area contributed by atoms with E-state index >= 15 is 0 Å². The molecule has 3 N–H and O–H groups in total. The van der Waals surface area contributed by atoms with E-state index in [0.29, 0.717) is 11.5 Å². The first-order valence-corrected chi connectivity index (χ1v) is 6.74. The van der Waals surface area contributed by atoms with Crippen LogP contribution in [0.3, 0.4) is 0 Å². The average Bonchev–Trinajstić information content (AvgIpc) is 2.41. The van der Waals surface area contributed by atoms with Crippen molar-refractivity contribution in [1.29, 1.82) is 5.26 Å². The van der Waals surface area contributed by atoms with Crippen LogP contribution in [0.4, 0.5) is 11.5 Å². The summed E-state index contributed by atoms with van der Waals surface area (Å²) in [5.41, 5.74) is 5.99. The molecule has 1 heterocycles. The SMILES string of the molecule is N#Cc1cccc(S(=O)(=O)Nc2ccc(N)nc2)c1. The molecule has 2 rings (SSSR count). The third-order valence-corrected chi connectivity index (χ3v) is 3.69. The van der Waals surface area contributed by atoms with Gasteiger partial charge in [0, 0.05) is 0 Å². The molecule has 0 spiro atoms. The van der Waals surface area contributed by atoms with Gasteiger partial charge in [-0.15, -0.1) is 0 Å². The summed E-state index contributed by atoms with van der Waals surface area (Å²) in [7, 11) is -3.74. The number of nitrogens with two attached hydrogens (primary N) is 1. The van der Waals surface area contributed by atoms with Gasteiger partial charge in [0.25, 0.3) is 10.0 Å². The summed E-state index contributed by atoms with van der Waals surface area (Å²) in [6.45, 7) is 0. The number of anilines is 2. The van der Waals surface area contributed by atoms with E-state index in [2.05, 4.69) is 9.71 Å². The molecule has 1 aromatic heterocycles. The first kappa shape index (κ1) is 12.9. The van der Waals surface area contributed by atoms with E-state index in [-0.39, 0.29) is 10.5 Å². The van der Waals surface area contributed by atoms with Gasteiger partial charge < -0.3 is 5.73 Å². The van der Waals surface area contributed by atoms with Gasteiger partial charge in [-0.3, -0.25) is 4.72 Å². The Bertz CT molecular complexity index is 733. The Kier molecular flexibility index (Phi) is 3.35. The summed E-state index contributed by atoms with van der Waals surface area (Å²) in [6.07, 6.45) is 1.32. The van der Waals surface area contributed by atoms with Crippen LogP contribution in [0.1, 0.15) is 5.56 Å². The van der Waals surface area contributed by atoms with Crippen LogP contribution in [0.15, 0.2) is 47.5 Å². The van der Waals surface area contributed by atoms with Crippen molar-refractivity contribution in [3.05, 3.63) is 48.2 Å². The zero-order chi connectivity index (χ0) is 13.9. The number of benzene rings is 1. The fourth-order valence-electron chi connectivity index (χ4n) is 1.41. The zero-order valence-electron chi connectivity index (χ0n) is 9.74. The van der Waals surface area contributed by atoms with Gasteiger partial charge in [-0.05, 0) is 30.3 Å². The zero-order valence-corrected chi connectivity index (χ0v) is 10.6. The fraction of sp³-hybridized carbons (Fsp3) is 0. The molecule has 0 bridgehead atoms. The minimum Gasteiger partial charge on any atom is -0.384 e. The number of nitrogens with zero attached hydrogens (tertiary/aromatic N) is 2. The van der Waals surface area contributed by atoms with Crippen LogP contribution >= 0.6 is 0 Å². The maximum absolute atomic E-state index is 12.1. The smallest absolute Gasteiger partial charge is 0.261 e. The predicted octanol–water partition coefficient (Wildman–Crippen LogP) is 1.34. The molecule has 0 saturated heterocycles. The van der Waals surface area contributed by atoms with Gasteiger partial charge in [-0.1, -0.05) is 6.07 Å². The molecule has 0 fully saturated rings. The fourth-order valence-corrected chi connectivity index (χ4v) is 2.50. The quantitative estimate of drug-likeness (QED) is 0.877. The highest BCUT2D eigenvalue weighted by atomic mass is 32.2. The summed E-state index contributed by atoms with van der Waals surface area (Å²) in [4.78, 5) is 3.81. The maximum Gasteiger partial charge on any atom is 0.261 e. The molecule has 2 aromatic rings. The predicted molar refractivity (Wildman–Crippen MR) is 70.6 cm³/mol. The van der Waals surface area contributed by atoms with Crippen LogP contribution in [0.2, 0.25) is 0 Å². The molecule has 0 amide bonds. The Morgan fingerprint density at radius 2 is 2.05 bits per heavy atom. The Labute approximate surface area is 110 Å². The van der Waals surface area contributed by atoms with Gasteiger partial charge in [-0.25, -0.2) is 13.4 Å². The van der Waals surface area contributed by atoms with Gasteiger partial charge in [0.1, 0.15) is 5.82 Å². The lowest BCUT2D eigenvalue weighted by molar-refractivity contribution is 0.601. The van der Waals surface area contributed by atoms with Gasteiger partial charge in [0.2, 0.25) is 0 Å². The average molecular weight is 274 g/mol. The van der Waals surface area contributed by atoms with Crippen molar-refractivity contribution in [2.24, 2.45) is 0 Å². The van der Waals surface area contributed by atoms with Crippen LogP contribution in [0.25, 0.3) is 0 Å². The van der Waals surface area contributed by atoms with Gasteiger partial charge in [0.05, 0.1) is 28.4 Å². The second-order valence-electron chi connectivity index (χ2n) is 3.72. The number of nitrogen functional groups attached to an aromatic ring is 1. The Morgan fingerprint density at radius 3 is 2.68 bits per heavy atom. The monoisotopic (exact) mass is 274 g/mol. The first-order chi connectivity index (χ1) is 9.01. The van der Waals surface area contributed by atoms with Crippen LogP contribution in [0, 0.1) is 11.3 Å². The minimum absolute atomic E-state index is 0.0170. The van der Waals surface area contributed by atoms with Crippen LogP contribution in [-0.4, -0.2) is 13.4 Å². The van der Waals surface area contributed by atoms with Gasteiger partial charge in [0.15, 0.2) is 0 Å². The maximum atomic E-state index is 12.1. The molecule has 19 heavy (non-hydrogen) atoms. The van der Waals surface area contributed by atoms with E-state index in [1.165, 1.54) is 42.6 Å². The van der Waals surface area contributed by atoms with Gasteiger partial charge >= 0.3 is 0 Å². The number of hydrogen-bond donors (Lipinski definition) is 2. The van der Waals surface area contributed by atoms with Crippen molar-refractivity contribution in [2.45, 2.75) is 4.90 Å². The number of sulfonamides is 1. The highest BCUT2D eigenvalue weighted by molar-refractivity contribution is 7.92. The molecule has 0 saturated carbocycles. The van der Waals surface area contributed by atoms with E-state index < -0.39 is 10.0 Å². The molecule has 7 heteroatoms. The number of nitrogens with one attached hydrogen (secondary N) is 1. The summed E-state index contributed by atoms with van der Waals surface area (Å²) in [5.74, 6) is 0.300. The van der Waals surface area contributed by atoms with Gasteiger partial charge in [-0.2, -0.15) is 5.26 Å². The lowest BCUT2D eigenvalue weighted by atomic mass is 10.2. The van der Waals surface area contributed by atoms with E-state index in [1.807, 2.05) is 6.07 Å². The largest absolute Gasteiger partial charge is 0.384 e. The van der Waals surface area contributed by atoms with Crippen molar-refractivity contribution >= 4 is 21.5 Å². The number of pyridine rings is 1. The Balaban J connectivity index is 2.32. The van der Waals surface area contributed by atoms with E-state index in [4.69, 9.17) is 11.0 Å². The summed E-state index contributed by atoms with van der Waals surface area (Å²) >= 11 is 0. The second kappa shape index (κ2) is 4.96. The molecule has 0 atom stereocenters. The van der Waals surface area contributed by atoms with Crippen LogP contribution in [0.5, 0.6) is 0 Å². The number of aromatic nitrogens is 1. The standard InChI is InChI=1S/C12H10N4O2S/c13-7-9-2-1-3-11(6-9)19(17,18)16-10-4-5-12(14)15-8-10/h1-6,8,16H,(H2,14,15). The third kappa shape index (κ3) is 3.00. The summed E-state index contributed by atoms with van der Waals surface area (Å²) < 4.78 is 26.5. The highest BCUT2D eigenvalue weighted by Crippen LogP contribution is 2.16. The molecule has 0 unspecified atom stereocenters. The number of nitriles is 1. The third-order valence-electron chi connectivity index (χ3n) is 2.31. The van der Waals surface area contributed by atoms with Crippen molar-refractivity contribution in [3.8, 4) is 6.07 Å². The summed E-state index contributed by atoms with van der Waals surface area (Å²) in [6, 6.07) is 10.6. The molecule has 0 aliphatic heterocycles. The number of rotatable bonds is 3. The number of hydrogen-bond acceptors (Lipinski definition) is 5. The van der Waals surface area contributed by atoms with E-state index in [9.17, 15) is 8.42 Å². The molecule has 0 radical (unpaired) electrons. The van der Waals surface area contributed by atoms with Crippen LogP contribution < -0.4 is 10.5 Å². The molecular formula is C12H10N4O2S. The minimum atomic E-state index is -3.74. The van der Waals surface area contributed by atoms with Crippen LogP contribution in [-0.2, 0) is 10.0 Å². The normalized spacial score (nSPS) is 10.7. The Hall–Kier alpha value is -2.59. The van der Waals surface area contributed by atoms with Crippen molar-refractivity contribution in [3.63, 3.8) is 0 Å². The first-order valence-electron chi connectivity index (χ1n) is 5.26. The van der Waals surface area contributed by atoms with Crippen molar-refractivity contribution in [1.82, 2.24) is 4.98 Å². The molecule has 96 valence electrons. The highest BCUT2D eigenvalue weighted by Gasteiger charge is 2.14. The van der Waals surface area contributed by atoms with Crippen molar-refractivity contribution in [2.75, 3.05) is 10.5 Å². The molecule has 0 aliphatic carbocycles. The molecule has 6 nitrogen and oxygen atoms in total. The molecular weight excluding hydrogens is 264 g/mol.